The van der Waals surface area contributed by atoms with E-state index in [1.165, 1.54) is 0 Å². The van der Waals surface area contributed by atoms with E-state index in [4.69, 9.17) is 10.5 Å². The van der Waals surface area contributed by atoms with Crippen LogP contribution in [0.3, 0.4) is 0 Å². The molecule has 0 aliphatic heterocycles. The number of nitrogens with two attached hydrogens (primary N) is 1. The van der Waals surface area contributed by atoms with Crippen LogP contribution in [-0.4, -0.2) is 25.3 Å². The summed E-state index contributed by atoms with van der Waals surface area (Å²) in [5, 5.41) is 2.53. The summed E-state index contributed by atoms with van der Waals surface area (Å²) < 4.78 is 4.90. The molecule has 2 atom stereocenters. The zero-order valence-corrected chi connectivity index (χ0v) is 5.26. The van der Waals surface area contributed by atoms with Gasteiger partial charge in [0.25, 0.3) is 0 Å². The van der Waals surface area contributed by atoms with Crippen molar-refractivity contribution < 1.29 is 9.53 Å². The van der Waals surface area contributed by atoms with Gasteiger partial charge in [-0.3, -0.25) is 0 Å². The Morgan fingerprint density at radius 3 is 2.89 bits per heavy atom. The second kappa shape index (κ2) is 2.23. The van der Waals surface area contributed by atoms with Gasteiger partial charge in [0.05, 0.1) is 12.1 Å². The van der Waals surface area contributed by atoms with Crippen molar-refractivity contribution in [2.45, 2.75) is 18.6 Å². The van der Waals surface area contributed by atoms with Gasteiger partial charge in [0.2, 0.25) is 0 Å². The van der Waals surface area contributed by atoms with Gasteiger partial charge in [-0.2, -0.15) is 0 Å². The van der Waals surface area contributed by atoms with Crippen molar-refractivity contribution in [2.24, 2.45) is 5.73 Å². The zero-order valence-electron chi connectivity index (χ0n) is 5.26. The van der Waals surface area contributed by atoms with E-state index in [0.717, 1.165) is 6.42 Å². The predicted molar refractivity (Wildman–Crippen MR) is 31.9 cm³/mol. The maximum absolute atomic E-state index is 10.2. The molecule has 0 aromatic heterocycles. The molecular weight excluding hydrogens is 120 g/mol. The molecule has 0 radical (unpaired) electrons. The van der Waals surface area contributed by atoms with Crippen LogP contribution in [0.5, 0.6) is 0 Å². The Balaban J connectivity index is 2.12. The first kappa shape index (κ1) is 6.35. The first-order valence-electron chi connectivity index (χ1n) is 2.83. The fourth-order valence-corrected chi connectivity index (χ4v) is 0.767. The van der Waals surface area contributed by atoms with Crippen LogP contribution < -0.4 is 11.1 Å². The third kappa shape index (κ3) is 1.57. The predicted octanol–water partition coefficient (Wildman–Crippen LogP) is -0.558. The number of hydrogen-bond acceptors (Lipinski definition) is 2. The minimum atomic E-state index is -0.473. The molecule has 52 valence electrons. The van der Waals surface area contributed by atoms with Crippen molar-refractivity contribution in [2.75, 3.05) is 7.11 Å². The molecule has 4 heteroatoms. The summed E-state index contributed by atoms with van der Waals surface area (Å²) in [7, 11) is 1.62. The van der Waals surface area contributed by atoms with E-state index in [1.807, 2.05) is 0 Å². The molecular formula is C5H10N2O2. The van der Waals surface area contributed by atoms with E-state index in [2.05, 4.69) is 5.32 Å². The summed E-state index contributed by atoms with van der Waals surface area (Å²) >= 11 is 0. The molecule has 4 nitrogen and oxygen atoms in total. The Bertz CT molecular complexity index is 126. The third-order valence-electron chi connectivity index (χ3n) is 1.36. The lowest BCUT2D eigenvalue weighted by molar-refractivity contribution is 0.173. The van der Waals surface area contributed by atoms with Gasteiger partial charge in [0, 0.05) is 7.11 Å². The van der Waals surface area contributed by atoms with Crippen molar-refractivity contribution in [3.63, 3.8) is 0 Å². The van der Waals surface area contributed by atoms with E-state index in [-0.39, 0.29) is 12.1 Å². The highest BCUT2D eigenvalue weighted by Gasteiger charge is 2.38. The standard InChI is InChI=1S/C5H10N2O2/c1-9-4-2-3(4)7-5(6)8/h3-4H,2H2,1H3,(H3,6,7,8)/t3-,4-/m1/s1. The molecule has 1 saturated carbocycles. The van der Waals surface area contributed by atoms with E-state index in [9.17, 15) is 4.79 Å². The van der Waals surface area contributed by atoms with E-state index < -0.39 is 6.03 Å². The maximum atomic E-state index is 10.2. The smallest absolute Gasteiger partial charge is 0.312 e. The first-order chi connectivity index (χ1) is 4.24. The summed E-state index contributed by atoms with van der Waals surface area (Å²) in [6.45, 7) is 0. The number of carbonyl (C=O) groups is 1. The second-order valence-electron chi connectivity index (χ2n) is 2.12. The van der Waals surface area contributed by atoms with Crippen LogP contribution in [0.25, 0.3) is 0 Å². The number of primary amides is 1. The Hall–Kier alpha value is -0.770. The van der Waals surface area contributed by atoms with Gasteiger partial charge >= 0.3 is 6.03 Å². The van der Waals surface area contributed by atoms with Crippen molar-refractivity contribution in [1.82, 2.24) is 5.32 Å². The first-order valence-corrected chi connectivity index (χ1v) is 2.83. The maximum Gasteiger partial charge on any atom is 0.312 e. The zero-order chi connectivity index (χ0) is 6.85. The number of nitrogens with one attached hydrogen (secondary N) is 1. The Morgan fingerprint density at radius 2 is 2.56 bits per heavy atom. The van der Waals surface area contributed by atoms with E-state index in [1.54, 1.807) is 7.11 Å². The number of methoxy groups -OCH3 is 1. The van der Waals surface area contributed by atoms with Crippen molar-refractivity contribution >= 4 is 6.03 Å². The molecule has 0 aromatic carbocycles. The van der Waals surface area contributed by atoms with Gasteiger partial charge in [0.1, 0.15) is 0 Å². The minimum absolute atomic E-state index is 0.160. The monoisotopic (exact) mass is 130 g/mol. The summed E-state index contributed by atoms with van der Waals surface area (Å²) in [6, 6.07) is -0.313. The molecule has 0 spiro atoms. The molecule has 0 aromatic rings. The highest BCUT2D eigenvalue weighted by atomic mass is 16.5. The molecule has 1 aliphatic carbocycles. The number of amides is 2. The van der Waals surface area contributed by atoms with Crippen LogP contribution in [0.2, 0.25) is 0 Å². The van der Waals surface area contributed by atoms with E-state index >= 15 is 0 Å². The summed E-state index contributed by atoms with van der Waals surface area (Å²) in [4.78, 5) is 10.2. The Labute approximate surface area is 53.4 Å². The van der Waals surface area contributed by atoms with Crippen LogP contribution in [0.1, 0.15) is 6.42 Å². The van der Waals surface area contributed by atoms with Gasteiger partial charge < -0.3 is 15.8 Å². The lowest BCUT2D eigenvalue weighted by Gasteiger charge is -1.96. The molecule has 0 unspecified atom stereocenters. The lowest BCUT2D eigenvalue weighted by Crippen LogP contribution is -2.32. The minimum Gasteiger partial charge on any atom is -0.379 e. The molecule has 0 heterocycles. The van der Waals surface area contributed by atoms with Crippen LogP contribution >= 0.6 is 0 Å². The average Bonchev–Trinajstić information content (AvgIpc) is 2.45. The number of urea groups is 1. The van der Waals surface area contributed by atoms with Crippen molar-refractivity contribution in [3.05, 3.63) is 0 Å². The van der Waals surface area contributed by atoms with Gasteiger partial charge in [-0.25, -0.2) is 4.79 Å². The lowest BCUT2D eigenvalue weighted by atomic mass is 10.7. The van der Waals surface area contributed by atoms with Crippen molar-refractivity contribution in [1.29, 1.82) is 0 Å². The van der Waals surface area contributed by atoms with Gasteiger partial charge in [0.15, 0.2) is 0 Å². The summed E-state index contributed by atoms with van der Waals surface area (Å²) in [5.74, 6) is 0. The topological polar surface area (TPSA) is 64.3 Å². The molecule has 9 heavy (non-hydrogen) atoms. The highest BCUT2D eigenvalue weighted by molar-refractivity contribution is 5.72. The molecule has 1 fully saturated rings. The largest absolute Gasteiger partial charge is 0.379 e. The van der Waals surface area contributed by atoms with Crippen LogP contribution in [0.4, 0.5) is 4.79 Å². The number of hydrogen-bond donors (Lipinski definition) is 2. The summed E-state index contributed by atoms with van der Waals surface area (Å²) in [5.41, 5.74) is 4.84. The van der Waals surface area contributed by atoms with Crippen LogP contribution in [0.15, 0.2) is 0 Å². The normalized spacial score (nSPS) is 31.7. The van der Waals surface area contributed by atoms with Crippen LogP contribution in [-0.2, 0) is 4.74 Å². The summed E-state index contributed by atoms with van der Waals surface area (Å²) in [6.07, 6.45) is 1.08. The Kier molecular flexibility index (Phi) is 1.57. The molecule has 1 rings (SSSR count). The van der Waals surface area contributed by atoms with Gasteiger partial charge in [-0.1, -0.05) is 0 Å². The van der Waals surface area contributed by atoms with Crippen molar-refractivity contribution in [3.8, 4) is 0 Å². The number of ether oxygens (including phenoxy) is 1. The number of rotatable bonds is 2. The number of carbonyl (C=O) groups excluding carboxylic acids is 1. The Morgan fingerprint density at radius 1 is 1.89 bits per heavy atom. The fraction of sp³-hybridized carbons (Fsp3) is 0.800. The molecule has 0 saturated heterocycles. The van der Waals surface area contributed by atoms with Gasteiger partial charge in [-0.15, -0.1) is 0 Å². The molecule has 1 aliphatic rings. The fourth-order valence-electron chi connectivity index (χ4n) is 0.767. The highest BCUT2D eigenvalue weighted by Crippen LogP contribution is 2.23. The SMILES string of the molecule is CO[C@@H]1C[C@H]1NC(N)=O. The molecule has 3 N–H and O–H groups in total. The quantitative estimate of drug-likeness (QED) is 0.526. The van der Waals surface area contributed by atoms with Gasteiger partial charge in [-0.05, 0) is 6.42 Å². The molecule has 0 bridgehead atoms. The van der Waals surface area contributed by atoms with Crippen LogP contribution in [0, 0.1) is 0 Å². The molecule has 2 amide bonds. The second-order valence-corrected chi connectivity index (χ2v) is 2.12. The average molecular weight is 130 g/mol. The third-order valence-corrected chi connectivity index (χ3v) is 1.36. The van der Waals surface area contributed by atoms with E-state index in [0.29, 0.717) is 0 Å².